The van der Waals surface area contributed by atoms with E-state index in [0.717, 1.165) is 24.7 Å². The lowest BCUT2D eigenvalue weighted by Crippen LogP contribution is -2.39. The summed E-state index contributed by atoms with van der Waals surface area (Å²) in [6, 6.07) is 0. The quantitative estimate of drug-likeness (QED) is 0.430. The molecule has 3 atom stereocenters. The van der Waals surface area contributed by atoms with Gasteiger partial charge in [-0.15, -0.1) is 0 Å². The Morgan fingerprint density at radius 2 is 2.12 bits per heavy atom. The van der Waals surface area contributed by atoms with Gasteiger partial charge in [0.15, 0.2) is 0 Å². The van der Waals surface area contributed by atoms with E-state index in [9.17, 15) is 9.90 Å². The first-order valence-electron chi connectivity index (χ1n) is 6.18. The first kappa shape index (κ1) is 14.0. The molecule has 1 rings (SSSR count). The molecule has 2 nitrogen and oxygen atoms in total. The molecule has 1 N–H and O–H groups in total. The van der Waals surface area contributed by atoms with Gasteiger partial charge < -0.3 is 5.11 Å². The van der Waals surface area contributed by atoms with Crippen LogP contribution in [0.15, 0.2) is 11.6 Å². The Morgan fingerprint density at radius 1 is 1.47 bits per heavy atom. The number of aliphatic hydroxyl groups excluding tert-OH is 1. The Morgan fingerprint density at radius 3 is 2.65 bits per heavy atom. The molecule has 0 heterocycles. The summed E-state index contributed by atoms with van der Waals surface area (Å²) in [5, 5.41) is 9.79. The van der Waals surface area contributed by atoms with E-state index < -0.39 is 0 Å². The van der Waals surface area contributed by atoms with Crippen molar-refractivity contribution in [2.45, 2.75) is 46.6 Å². The zero-order chi connectivity index (χ0) is 13.1. The highest BCUT2D eigenvalue weighted by Crippen LogP contribution is 2.43. The predicted octanol–water partition coefficient (Wildman–Crippen LogP) is 2.57. The van der Waals surface area contributed by atoms with Gasteiger partial charge in [-0.2, -0.15) is 0 Å². The highest BCUT2D eigenvalue weighted by atomic mass is 16.3. The van der Waals surface area contributed by atoms with Crippen LogP contribution in [0.2, 0.25) is 0 Å². The topological polar surface area (TPSA) is 37.3 Å². The third-order valence-corrected chi connectivity index (χ3v) is 3.56. The SMILES string of the molecule is C/C(C#C[C@H]1[C@@H](C)C[C@@H](O)CC1(C)C)=C/C=O. The van der Waals surface area contributed by atoms with Gasteiger partial charge in [0.25, 0.3) is 0 Å². The Kier molecular flexibility index (Phi) is 4.54. The lowest BCUT2D eigenvalue weighted by molar-refractivity contribution is -0.104. The second-order valence-electron chi connectivity index (χ2n) is 5.79. The fourth-order valence-electron chi connectivity index (χ4n) is 2.83. The van der Waals surface area contributed by atoms with Crippen molar-refractivity contribution >= 4 is 6.29 Å². The minimum absolute atomic E-state index is 0.0333. The van der Waals surface area contributed by atoms with Crippen LogP contribution in [0.5, 0.6) is 0 Å². The van der Waals surface area contributed by atoms with Crippen LogP contribution in [0.1, 0.15) is 40.5 Å². The minimum atomic E-state index is -0.204. The van der Waals surface area contributed by atoms with E-state index in [0.29, 0.717) is 5.92 Å². The van der Waals surface area contributed by atoms with Gasteiger partial charge in [-0.1, -0.05) is 32.6 Å². The number of hydrogen-bond acceptors (Lipinski definition) is 2. The summed E-state index contributed by atoms with van der Waals surface area (Å²) < 4.78 is 0. The summed E-state index contributed by atoms with van der Waals surface area (Å²) in [5.41, 5.74) is 0.833. The van der Waals surface area contributed by atoms with Crippen molar-refractivity contribution < 1.29 is 9.90 Å². The molecular formula is C15H22O2. The van der Waals surface area contributed by atoms with Crippen molar-refractivity contribution in [3.63, 3.8) is 0 Å². The van der Waals surface area contributed by atoms with E-state index in [1.807, 2.05) is 6.92 Å². The van der Waals surface area contributed by atoms with E-state index in [1.54, 1.807) is 0 Å². The molecule has 0 aromatic rings. The van der Waals surface area contributed by atoms with E-state index in [4.69, 9.17) is 0 Å². The summed E-state index contributed by atoms with van der Waals surface area (Å²) in [4.78, 5) is 10.3. The van der Waals surface area contributed by atoms with Crippen LogP contribution in [0.4, 0.5) is 0 Å². The molecular weight excluding hydrogens is 212 g/mol. The Hall–Kier alpha value is -1.07. The monoisotopic (exact) mass is 234 g/mol. The minimum Gasteiger partial charge on any atom is -0.393 e. The molecule has 0 spiro atoms. The Labute approximate surface area is 104 Å². The molecule has 0 unspecified atom stereocenters. The number of hydrogen-bond donors (Lipinski definition) is 1. The summed E-state index contributed by atoms with van der Waals surface area (Å²) in [6.45, 7) is 8.30. The van der Waals surface area contributed by atoms with Crippen molar-refractivity contribution in [2.24, 2.45) is 17.3 Å². The van der Waals surface area contributed by atoms with Crippen molar-refractivity contribution in [2.75, 3.05) is 0 Å². The molecule has 1 fully saturated rings. The summed E-state index contributed by atoms with van der Waals surface area (Å²) in [5.74, 6) is 7.00. The average molecular weight is 234 g/mol. The molecule has 1 saturated carbocycles. The molecule has 17 heavy (non-hydrogen) atoms. The Bertz CT molecular complexity index is 368. The predicted molar refractivity (Wildman–Crippen MR) is 69.3 cm³/mol. The highest BCUT2D eigenvalue weighted by molar-refractivity contribution is 5.67. The van der Waals surface area contributed by atoms with E-state index >= 15 is 0 Å². The normalized spacial score (nSPS) is 32.5. The zero-order valence-electron chi connectivity index (χ0n) is 11.2. The Balaban J connectivity index is 2.88. The van der Waals surface area contributed by atoms with Crippen molar-refractivity contribution in [3.05, 3.63) is 11.6 Å². The zero-order valence-corrected chi connectivity index (χ0v) is 11.2. The van der Waals surface area contributed by atoms with Crippen molar-refractivity contribution in [1.29, 1.82) is 0 Å². The van der Waals surface area contributed by atoms with Gasteiger partial charge in [0.2, 0.25) is 0 Å². The molecule has 0 aromatic heterocycles. The summed E-state index contributed by atoms with van der Waals surface area (Å²) >= 11 is 0. The number of carbonyl (C=O) groups excluding carboxylic acids is 1. The average Bonchev–Trinajstić information content (AvgIpc) is 2.14. The molecule has 0 aliphatic heterocycles. The number of aldehydes is 1. The van der Waals surface area contributed by atoms with Crippen molar-refractivity contribution in [1.82, 2.24) is 0 Å². The lowest BCUT2D eigenvalue weighted by atomic mass is 9.63. The van der Waals surface area contributed by atoms with Crippen LogP contribution in [0.3, 0.4) is 0 Å². The van der Waals surface area contributed by atoms with Crippen LogP contribution in [0, 0.1) is 29.1 Å². The van der Waals surface area contributed by atoms with Crippen LogP contribution < -0.4 is 0 Å². The highest BCUT2D eigenvalue weighted by Gasteiger charge is 2.39. The van der Waals surface area contributed by atoms with Gasteiger partial charge in [-0.05, 0) is 37.2 Å². The maximum Gasteiger partial charge on any atom is 0.143 e. The van der Waals surface area contributed by atoms with Gasteiger partial charge >= 0.3 is 0 Å². The molecule has 0 amide bonds. The summed E-state index contributed by atoms with van der Waals surface area (Å²) in [7, 11) is 0. The smallest absolute Gasteiger partial charge is 0.143 e. The molecule has 1 aliphatic rings. The van der Waals surface area contributed by atoms with Gasteiger partial charge in [0.05, 0.1) is 6.10 Å². The maximum absolute atomic E-state index is 10.3. The fraction of sp³-hybridized carbons (Fsp3) is 0.667. The van der Waals surface area contributed by atoms with Crippen molar-refractivity contribution in [3.8, 4) is 11.8 Å². The largest absolute Gasteiger partial charge is 0.393 e. The second kappa shape index (κ2) is 5.51. The third kappa shape index (κ3) is 3.71. The molecule has 1 aliphatic carbocycles. The lowest BCUT2D eigenvalue weighted by Gasteiger charge is -2.42. The van der Waals surface area contributed by atoms with Crippen LogP contribution >= 0.6 is 0 Å². The van der Waals surface area contributed by atoms with Crippen LogP contribution in [-0.4, -0.2) is 17.5 Å². The molecule has 0 radical (unpaired) electrons. The van der Waals surface area contributed by atoms with Gasteiger partial charge in [0, 0.05) is 11.5 Å². The molecule has 2 heteroatoms. The van der Waals surface area contributed by atoms with E-state index in [-0.39, 0.29) is 17.4 Å². The third-order valence-electron chi connectivity index (χ3n) is 3.56. The molecule has 0 saturated heterocycles. The first-order valence-corrected chi connectivity index (χ1v) is 6.18. The number of allylic oxidation sites excluding steroid dienone is 2. The van der Waals surface area contributed by atoms with Crippen LogP contribution in [0.25, 0.3) is 0 Å². The molecule has 0 aromatic carbocycles. The second-order valence-corrected chi connectivity index (χ2v) is 5.79. The molecule has 94 valence electrons. The molecule has 0 bridgehead atoms. The van der Waals surface area contributed by atoms with Crippen LogP contribution in [-0.2, 0) is 4.79 Å². The van der Waals surface area contributed by atoms with Gasteiger partial charge in [-0.3, -0.25) is 4.79 Å². The number of aliphatic hydroxyl groups is 1. The first-order chi connectivity index (χ1) is 7.86. The standard InChI is InChI=1S/C15H22O2/c1-11(7-8-16)5-6-14-12(2)9-13(17)10-15(14,3)4/h7-8,12-14,17H,9-10H2,1-4H3/b11-7-/t12-,13+,14-/m0/s1. The van der Waals surface area contributed by atoms with E-state index in [1.165, 1.54) is 6.08 Å². The number of carbonyl (C=O) groups is 1. The summed E-state index contributed by atoms with van der Waals surface area (Å²) in [6.07, 6.45) is 3.67. The van der Waals surface area contributed by atoms with E-state index in [2.05, 4.69) is 32.6 Å². The maximum atomic E-state index is 10.3. The fourth-order valence-corrected chi connectivity index (χ4v) is 2.83. The van der Waals surface area contributed by atoms with Gasteiger partial charge in [-0.25, -0.2) is 0 Å². The number of rotatable bonds is 1. The van der Waals surface area contributed by atoms with Gasteiger partial charge in [0.1, 0.15) is 6.29 Å².